The van der Waals surface area contributed by atoms with Gasteiger partial charge in [-0.3, -0.25) is 0 Å². The quantitative estimate of drug-likeness (QED) is 0.0598. The summed E-state index contributed by atoms with van der Waals surface area (Å²) in [4.78, 5) is 0. The van der Waals surface area contributed by atoms with Gasteiger partial charge in [0.2, 0.25) is 0 Å². The van der Waals surface area contributed by atoms with Crippen LogP contribution in [0.1, 0.15) is 113 Å². The van der Waals surface area contributed by atoms with E-state index in [0.29, 0.717) is 0 Å². The number of hydrogen-bond acceptors (Lipinski definition) is 0. The molecular weight excluding hydrogens is 3840 g/mol. The van der Waals surface area contributed by atoms with Crippen molar-refractivity contribution in [1.29, 1.82) is 0 Å². The molecule has 0 bridgehead atoms. The number of rotatable bonds is 26. The summed E-state index contributed by atoms with van der Waals surface area (Å²) in [6, 6.07) is 0. The Kier molecular flexibility index (Phi) is 1100. The van der Waals surface area contributed by atoms with Crippen molar-refractivity contribution in [2.75, 3.05) is 0 Å². The molecule has 0 aromatic heterocycles. The first-order valence-electron chi connectivity index (χ1n) is 12.5. The molecule has 0 saturated carbocycles. The second-order valence-corrected chi connectivity index (χ2v) is 233. The molecule has 108 heteroatoms. The SMILES string of the molecule is C.C.C.C.C.PPP(P)P(P(P)P)P(P(P(P(P)P)P(P)P)P(P(P)P)P(P)P)P(P(P(P(P)P)P(P)P)P(P(P)P)P(P)P)P(P(P(P)P)P(P)P)P(P(P)P)P(P)P.[H-].[H-].[H-].[H-].[H-].[H-].[H-].[H-].[H-].[H-].[H-].[H-].[H-].[H-].[H-].[H-].[H-].[H-].[H-].[H-].[H-].[H-].[H-].[H-].[H-].[H-].[H-].[H-].[H-].[H-].[H-].[H-].[H-].[H-].[H-].[H-].[H-].[H-].[H-].[H-].[H-].[H-].[H-].[H-].[H-].[H-].[H-].[H-].[H-].[H-].[H-].[H-].[H-].[K+].[K+].[K+].[K+].[K+].[K+].[K+].[K+].[K+].[K+].[K+].[K+].[K+].[K+].[K+].[K+].[K+].[K+].[K+].[K+].[K+].[K+].[K+].[K+].[K+].[K+].[K+].[K+].[K+].[K+].[K+].[K+].[K+].[K+].[K+].[K+].[K+].[K+].[K+].[K+].[K+].[K+].[K+].[K+].[K+].[K+].[K+].[K+].[K+].[K+].[K+].[K+].[K+]. The Hall–Kier alpha value is 110. The van der Waals surface area contributed by atoms with Crippen LogP contribution in [0.15, 0.2) is 0 Å². The van der Waals surface area contributed by atoms with Crippen molar-refractivity contribution in [3.8, 4) is 0 Å². The second kappa shape index (κ2) is 304. The molecule has 0 amide bonds. The molecule has 0 saturated heterocycles. The Morgan fingerprint density at radius 3 is 0.212 bits per heavy atom. The molecule has 32 unspecified atom stereocenters. The minimum Gasteiger partial charge on any atom is -1.00 e. The van der Waals surface area contributed by atoms with E-state index >= 15 is 0 Å². The maximum absolute atomic E-state index is 3.65. The van der Waals surface area contributed by atoms with Crippen LogP contribution in [0.3, 0.4) is 0 Å². The Balaban J connectivity index is -0.00000000239. The van der Waals surface area contributed by atoms with Gasteiger partial charge >= 0.3 is 2720 Å². The molecule has 0 N–H and O–H groups in total. The molecule has 0 aliphatic rings. The van der Waals surface area contributed by atoms with Crippen LogP contribution >= 0.6 is 440 Å². The van der Waals surface area contributed by atoms with Gasteiger partial charge in [0.05, 0.1) is 0 Å². The van der Waals surface area contributed by atoms with Gasteiger partial charge in [-0.1, -0.05) is 45.1 Å². The minimum atomic E-state index is -0.225. The van der Waals surface area contributed by atoms with Crippen LogP contribution in [-0.4, -0.2) is 0 Å². The largest absolute Gasteiger partial charge is 1.00 e. The fraction of sp³-hybridized carbons (Fsp3) is 1.00. The molecule has 0 fully saturated rings. The van der Waals surface area contributed by atoms with Crippen molar-refractivity contribution in [3.63, 3.8) is 0 Å². The molecule has 478 valence electrons. The van der Waals surface area contributed by atoms with E-state index in [2.05, 4.69) is 250 Å². The van der Waals surface area contributed by atoms with Crippen molar-refractivity contribution in [2.24, 2.45) is 0 Å². The Morgan fingerprint density at radius 1 is 0.106 bits per heavy atom. The minimum absolute atomic E-state index is 0. The first-order chi connectivity index (χ1) is 25.0. The van der Waals surface area contributed by atoms with Gasteiger partial charge in [-0.25, -0.2) is 0 Å². The fourth-order valence-electron chi connectivity index (χ4n) is 3.24. The zero-order valence-electron chi connectivity index (χ0n) is 134. The molecule has 0 aliphatic carbocycles. The average molecular weight is 3970 g/mol. The Bertz CT molecular complexity index is 1110. The molecule has 0 aliphatic heterocycles. The smallest absolute Gasteiger partial charge is 1.00 e. The number of hydrogen-bond donors (Lipinski definition) is 0. The predicted molar refractivity (Wildman–Crippen MR) is 553 cm³/mol. The Labute approximate surface area is 3140 Å². The zero-order valence-corrected chi connectivity index (χ0v) is 303. The molecule has 113 heavy (non-hydrogen) atoms. The second-order valence-electron chi connectivity index (χ2n) is 8.63. The fourth-order valence-corrected chi connectivity index (χ4v) is 787. The molecule has 0 nitrogen and oxygen atoms in total. The molecular formula is C5H130K53P55. The van der Waals surface area contributed by atoms with Gasteiger partial charge in [0.15, 0.2) is 0 Å². The predicted octanol–water partition coefficient (Wildman–Crippen LogP) is -118. The summed E-state index contributed by atoms with van der Waals surface area (Å²) in [6.07, 6.45) is 0. The molecule has 0 spiro atoms. The van der Waals surface area contributed by atoms with Gasteiger partial charge in [0.25, 0.3) is 0 Å². The standard InChI is InChI=1S/5CH4.53K.H57P55.53H/c;;;;;;;;;;;;;;;;;;;;;;;;;;;;;;;;;;;;;;;;;;;;;;;;;;;;;;;;;;1-29-43(28)50(42(26)27)54(51(44(30(2)3)31(4)5)45(32(6)7)33(8)9)55(52(46(34(10)11)35(12)13)47(36(14)15)37(16)17)53(48(38(18)19)39(20)21)49(40(22)23)41(24)25;;;;;;;;;;;;;;;;;;;;;;;;;;;;;;;;;;;;;;;;;;;;;;;;;;;;;/h5*1H4;;;;;;;;;;;;;;;;;;;;;;;;;;;;;;;;;;;;;;;;;;;;;;;;;;;;;;29H,1-28H2;;;;;;;;;;;;;;;;;;;;;;;;;;;;;;;;;;;;;;;;;;;;;;;;;;;;;/q;;;;;53*+1;;53*-1. The van der Waals surface area contributed by atoms with Crippen LogP contribution in [-0.2, 0) is 0 Å². The van der Waals surface area contributed by atoms with Crippen molar-refractivity contribution in [1.82, 2.24) is 0 Å². The summed E-state index contributed by atoms with van der Waals surface area (Å²) >= 11 is 0. The van der Waals surface area contributed by atoms with Crippen molar-refractivity contribution in [3.05, 3.63) is 0 Å². The summed E-state index contributed by atoms with van der Waals surface area (Å²) in [7, 11) is 99.5. The van der Waals surface area contributed by atoms with E-state index in [4.69, 9.17) is 0 Å². The molecule has 0 rings (SSSR count). The third kappa shape index (κ3) is 239. The van der Waals surface area contributed by atoms with Gasteiger partial charge in [-0.05, 0) is 182 Å². The van der Waals surface area contributed by atoms with Crippen LogP contribution in [0.5, 0.6) is 0 Å². The maximum atomic E-state index is 3.65. The summed E-state index contributed by atoms with van der Waals surface area (Å²) in [5.74, 6) is 0. The van der Waals surface area contributed by atoms with Gasteiger partial charge in [0.1, 0.15) is 0 Å². The van der Waals surface area contributed by atoms with E-state index in [1.807, 2.05) is 0 Å². The molecule has 0 radical (unpaired) electrons. The third-order valence-corrected chi connectivity index (χ3v) is 386. The van der Waals surface area contributed by atoms with E-state index in [1.54, 1.807) is 0 Å². The van der Waals surface area contributed by atoms with Gasteiger partial charge < -0.3 is 75.6 Å². The van der Waals surface area contributed by atoms with Gasteiger partial charge in [-0.2, -0.15) is 0 Å². The van der Waals surface area contributed by atoms with Crippen LogP contribution < -0.4 is 2720 Å². The van der Waals surface area contributed by atoms with E-state index < -0.39 is 0 Å². The van der Waals surface area contributed by atoms with E-state index in [-0.39, 0.29) is 3020 Å². The molecule has 0 aromatic carbocycles. The average Bonchev–Trinajstić information content (AvgIpc) is 2.97. The normalized spacial score (nSPS) is 7.88. The van der Waals surface area contributed by atoms with Crippen LogP contribution in [0.25, 0.3) is 0 Å². The maximum Gasteiger partial charge on any atom is 1.00 e. The molecule has 0 heterocycles. The van der Waals surface area contributed by atoms with Crippen LogP contribution in [0, 0.1) is 0 Å². The summed E-state index contributed by atoms with van der Waals surface area (Å²) < 4.78 is 0. The summed E-state index contributed by atoms with van der Waals surface area (Å²) in [5.41, 5.74) is 0. The van der Waals surface area contributed by atoms with Crippen LogP contribution in [0.2, 0.25) is 0 Å². The molecule has 32 atom stereocenters. The molecule has 0 aromatic rings. The van der Waals surface area contributed by atoms with E-state index in [1.165, 1.54) is 0 Å². The first-order valence-corrected chi connectivity index (χ1v) is 112. The van der Waals surface area contributed by atoms with Crippen molar-refractivity contribution in [2.45, 2.75) is 37.1 Å². The monoisotopic (exact) mass is 3960 g/mol. The van der Waals surface area contributed by atoms with E-state index in [9.17, 15) is 0 Å². The van der Waals surface area contributed by atoms with Gasteiger partial charge in [0, 0.05) is 0 Å². The summed E-state index contributed by atoms with van der Waals surface area (Å²) in [6.45, 7) is -4.87. The van der Waals surface area contributed by atoms with E-state index in [0.717, 1.165) is 7.96 Å². The zero-order chi connectivity index (χ0) is 43.7. The van der Waals surface area contributed by atoms with Crippen molar-refractivity contribution >= 4 is 440 Å². The first kappa shape index (κ1) is 409. The summed E-state index contributed by atoms with van der Waals surface area (Å²) in [5, 5.41) is 0. The van der Waals surface area contributed by atoms with Gasteiger partial charge in [-0.15, -0.1) is 250 Å². The van der Waals surface area contributed by atoms with Crippen molar-refractivity contribution < 1.29 is 2800 Å². The van der Waals surface area contributed by atoms with Crippen LogP contribution in [0.4, 0.5) is 0 Å². The Morgan fingerprint density at radius 2 is 0.159 bits per heavy atom. The topological polar surface area (TPSA) is 0 Å². The third-order valence-electron chi connectivity index (χ3n) is 4.77.